The molecule has 15 N–H and O–H groups in total. The van der Waals surface area contributed by atoms with Crippen molar-refractivity contribution in [3.05, 3.63) is 11.6 Å². The lowest BCUT2D eigenvalue weighted by atomic mass is 9.47. The van der Waals surface area contributed by atoms with Gasteiger partial charge < -0.3 is 133 Å². The van der Waals surface area contributed by atoms with Gasteiger partial charge >= 0.3 is 0 Å². The van der Waals surface area contributed by atoms with Gasteiger partial charge in [0.05, 0.1) is 51.3 Å². The summed E-state index contributed by atoms with van der Waals surface area (Å²) in [7, 11) is 0. The van der Waals surface area contributed by atoms with Crippen molar-refractivity contribution in [1.82, 2.24) is 0 Å². The first-order valence-corrected chi connectivity index (χ1v) is 30.4. The third kappa shape index (κ3) is 11.2. The maximum absolute atomic E-state index is 12.5. The zero-order valence-electron chi connectivity index (χ0n) is 48.1. The van der Waals surface area contributed by atoms with Crippen molar-refractivity contribution in [1.29, 1.82) is 0 Å². The third-order valence-electron chi connectivity index (χ3n) is 21.9. The van der Waals surface area contributed by atoms with Crippen molar-refractivity contribution >= 4 is 0 Å². The van der Waals surface area contributed by atoms with Gasteiger partial charge in [0.2, 0.25) is 0 Å². The lowest BCUT2D eigenvalue weighted by Gasteiger charge is -2.59. The van der Waals surface area contributed by atoms with Gasteiger partial charge in [0, 0.05) is 12.3 Å². The number of aliphatic hydroxyl groups is 15. The molecule has 0 radical (unpaired) electrons. The first-order chi connectivity index (χ1) is 39.9. The molecule has 0 amide bonds. The van der Waals surface area contributed by atoms with Gasteiger partial charge in [-0.05, 0) is 98.7 Å². The van der Waals surface area contributed by atoms with Crippen LogP contribution in [-0.2, 0) is 56.8 Å². The molecule has 1 spiro atoms. The van der Waals surface area contributed by atoms with E-state index in [1.807, 2.05) is 0 Å². The summed E-state index contributed by atoms with van der Waals surface area (Å²) in [6.07, 6.45) is -33.7. The molecule has 4 aliphatic carbocycles. The van der Waals surface area contributed by atoms with Gasteiger partial charge in [-0.1, -0.05) is 39.3 Å². The van der Waals surface area contributed by atoms with Gasteiger partial charge in [-0.15, -0.1) is 0 Å². The van der Waals surface area contributed by atoms with Crippen molar-refractivity contribution in [2.24, 2.45) is 46.3 Å². The summed E-state index contributed by atoms with van der Waals surface area (Å²) in [5.41, 5.74) is 1.26. The standard InChI is InChI=1S/C57H92O27/c1-21-8-13-57(74-19-21)22(2)34-29(84-57)15-28-26-7-6-24-14-25(9-11-55(24,4)27(26)10-12-56(28,34)5)76-54-49(83-51-43(69)39(65)35(61)23(3)75-51)45(71)47(32(18-60)79-54)81-53-46(72)48(38(64)31(17-59)78-53)82-52-44(70)41(67)37(63)33(80-52)20-73-50-42(68)40(66)36(62)30(16-58)77-50/h6,21-23,25-54,58-72H,7-20H2,1-5H3/t21-,22-,23-,25-,26+,27-,28-,29-,30+,31+,32+,33+,34-,35-,36+,37+,38+,39+,40-,41-,42+,43+,44+,45-,46+,47+,48-,49+,50+,51-,52-,53-,54+,55-,56-,57+/m0/s1. The van der Waals surface area contributed by atoms with Crippen LogP contribution in [-0.4, -0.2) is 281 Å². The highest BCUT2D eigenvalue weighted by molar-refractivity contribution is 5.26. The normalized spacial score (nSPS) is 56.8. The number of ether oxygens (including phenoxy) is 12. The fourth-order valence-corrected chi connectivity index (χ4v) is 16.9. The molecule has 27 heteroatoms. The zero-order valence-corrected chi connectivity index (χ0v) is 48.1. The van der Waals surface area contributed by atoms with Gasteiger partial charge in [-0.3, -0.25) is 0 Å². The molecule has 84 heavy (non-hydrogen) atoms. The lowest BCUT2D eigenvalue weighted by molar-refractivity contribution is -0.397. The molecule has 0 bridgehead atoms. The molecule has 0 aromatic heterocycles. The van der Waals surface area contributed by atoms with Gasteiger partial charge in [-0.2, -0.15) is 0 Å². The van der Waals surface area contributed by atoms with Crippen LogP contribution in [0.15, 0.2) is 11.6 Å². The molecule has 36 atom stereocenters. The highest BCUT2D eigenvalue weighted by Gasteiger charge is 2.69. The van der Waals surface area contributed by atoms with Crippen molar-refractivity contribution in [2.75, 3.05) is 33.0 Å². The SMILES string of the molecule is C[C@H]1CC[C@@]2(OC1)O[C@H]1C[C@H]3[C@@H]4CC=C5C[C@@H](O[C@@H]6O[C@H](CO)[C@@H](O[C@@H]7O[C@H](CO)[C@@H](O)[C@H](O[C@@H]8O[C@H](CO[C@@H]9O[C@H](CO)[C@@H](O)[C@H](O)[C@H]9O)[C@@H](O)[C@H](O)[C@H]8O)[C@H]7O)[C@H](O)[C@H]6O[C@@H]6O[C@@H](C)[C@H](O)[C@@H](O)[C@H]6O)CC[C@]5(C)[C@H]4CC[C@]3(C)[C@H]1[C@@H]2C. The fourth-order valence-electron chi connectivity index (χ4n) is 16.9. The Bertz CT molecular complexity index is 2240. The highest BCUT2D eigenvalue weighted by atomic mass is 16.8. The monoisotopic (exact) mass is 1210 g/mol. The van der Waals surface area contributed by atoms with Crippen LogP contribution in [0.25, 0.3) is 0 Å². The average molecular weight is 1210 g/mol. The summed E-state index contributed by atoms with van der Waals surface area (Å²) in [5, 5.41) is 163. The fraction of sp³-hybridized carbons (Fsp3) is 0.965. The van der Waals surface area contributed by atoms with E-state index in [4.69, 9.17) is 56.8 Å². The van der Waals surface area contributed by atoms with Crippen LogP contribution in [0, 0.1) is 46.3 Å². The molecule has 10 fully saturated rings. The van der Waals surface area contributed by atoms with Gasteiger partial charge in [0.15, 0.2) is 37.2 Å². The van der Waals surface area contributed by atoms with E-state index in [9.17, 15) is 76.6 Å². The average Bonchev–Trinajstić information content (AvgIpc) is 2.55. The molecule has 0 unspecified atom stereocenters. The number of fused-ring (bicyclic) bond motifs is 7. The lowest BCUT2D eigenvalue weighted by Crippen LogP contribution is -2.68. The smallest absolute Gasteiger partial charge is 0.187 e. The van der Waals surface area contributed by atoms with E-state index in [0.29, 0.717) is 48.3 Å². The van der Waals surface area contributed by atoms with E-state index in [2.05, 4.69) is 33.8 Å². The Kier molecular flexibility index (Phi) is 19.1. The molecule has 27 nitrogen and oxygen atoms in total. The molecular weight excluding hydrogens is 1120 g/mol. The van der Waals surface area contributed by atoms with E-state index < -0.39 is 192 Å². The second-order valence-corrected chi connectivity index (χ2v) is 26.7. The zero-order chi connectivity index (χ0) is 60.2. The molecule has 7 saturated heterocycles. The molecule has 11 aliphatic rings. The van der Waals surface area contributed by atoms with Crippen molar-refractivity contribution in [3.8, 4) is 0 Å². The number of hydrogen-bond donors (Lipinski definition) is 15. The first kappa shape index (κ1) is 64.2. The predicted octanol–water partition coefficient (Wildman–Crippen LogP) is -4.14. The van der Waals surface area contributed by atoms with Crippen LogP contribution < -0.4 is 0 Å². The largest absolute Gasteiger partial charge is 0.394 e. The summed E-state index contributed by atoms with van der Waals surface area (Å²) < 4.78 is 73.3. The van der Waals surface area contributed by atoms with E-state index in [1.165, 1.54) is 12.5 Å². The minimum atomic E-state index is -2.11. The summed E-state index contributed by atoms with van der Waals surface area (Å²) >= 11 is 0. The molecule has 482 valence electrons. The van der Waals surface area contributed by atoms with E-state index in [0.717, 1.165) is 51.6 Å². The quantitative estimate of drug-likeness (QED) is 0.0735. The molecular formula is C57H92O27. The second-order valence-electron chi connectivity index (χ2n) is 26.7. The van der Waals surface area contributed by atoms with Gasteiger partial charge in [0.25, 0.3) is 0 Å². The van der Waals surface area contributed by atoms with Crippen molar-refractivity contribution in [3.63, 3.8) is 0 Å². The Labute approximate surface area is 487 Å². The Morgan fingerprint density at radius 2 is 1.11 bits per heavy atom. The molecule has 7 aliphatic heterocycles. The van der Waals surface area contributed by atoms with Gasteiger partial charge in [-0.25, -0.2) is 0 Å². The van der Waals surface area contributed by atoms with Crippen molar-refractivity contribution in [2.45, 2.75) is 264 Å². The van der Waals surface area contributed by atoms with Crippen LogP contribution in [0.3, 0.4) is 0 Å². The maximum atomic E-state index is 12.5. The predicted molar refractivity (Wildman–Crippen MR) is 279 cm³/mol. The topological polar surface area (TPSA) is 414 Å². The van der Waals surface area contributed by atoms with E-state index in [-0.39, 0.29) is 16.9 Å². The number of rotatable bonds is 14. The molecule has 3 saturated carbocycles. The second kappa shape index (κ2) is 25.0. The molecule has 7 heterocycles. The minimum Gasteiger partial charge on any atom is -0.394 e. The van der Waals surface area contributed by atoms with Crippen molar-refractivity contribution < 1.29 is 133 Å². The third-order valence-corrected chi connectivity index (χ3v) is 21.9. The van der Waals surface area contributed by atoms with Crippen LogP contribution in [0.4, 0.5) is 0 Å². The van der Waals surface area contributed by atoms with Crippen LogP contribution in [0.5, 0.6) is 0 Å². The highest BCUT2D eigenvalue weighted by Crippen LogP contribution is 2.71. The summed E-state index contributed by atoms with van der Waals surface area (Å²) in [6.45, 7) is 8.36. The van der Waals surface area contributed by atoms with Gasteiger partial charge in [0.1, 0.15) is 116 Å². The summed E-state index contributed by atoms with van der Waals surface area (Å²) in [5.74, 6) is 2.15. The summed E-state index contributed by atoms with van der Waals surface area (Å²) in [4.78, 5) is 0. The first-order valence-electron chi connectivity index (χ1n) is 30.4. The van der Waals surface area contributed by atoms with E-state index in [1.54, 1.807) is 0 Å². The summed E-state index contributed by atoms with van der Waals surface area (Å²) in [6, 6.07) is 0. The maximum Gasteiger partial charge on any atom is 0.187 e. The molecule has 0 aromatic carbocycles. The Morgan fingerprint density at radius 3 is 1.79 bits per heavy atom. The minimum absolute atomic E-state index is 0.124. The number of aliphatic hydroxyl groups excluding tert-OH is 15. The van der Waals surface area contributed by atoms with Crippen LogP contribution >= 0.6 is 0 Å². The van der Waals surface area contributed by atoms with Crippen LogP contribution in [0.2, 0.25) is 0 Å². The van der Waals surface area contributed by atoms with E-state index >= 15 is 0 Å². The molecule has 0 aromatic rings. The number of allylic oxidation sites excluding steroid dienone is 1. The Balaban J connectivity index is 0.783. The number of hydrogen-bond acceptors (Lipinski definition) is 27. The molecule has 11 rings (SSSR count). The Morgan fingerprint density at radius 1 is 0.524 bits per heavy atom. The van der Waals surface area contributed by atoms with Crippen LogP contribution in [0.1, 0.15) is 92.4 Å². The Hall–Kier alpha value is -1.34.